The van der Waals surface area contributed by atoms with Gasteiger partial charge in [0.05, 0.1) is 11.9 Å². The first-order valence-corrected chi connectivity index (χ1v) is 8.29. The number of benzene rings is 1. The predicted molar refractivity (Wildman–Crippen MR) is 88.9 cm³/mol. The Bertz CT molecular complexity index is 767. The predicted octanol–water partition coefficient (Wildman–Crippen LogP) is 2.44. The lowest BCUT2D eigenvalue weighted by Gasteiger charge is -2.32. The Balaban J connectivity index is 1.68. The summed E-state index contributed by atoms with van der Waals surface area (Å²) in [6, 6.07) is 9.31. The zero-order chi connectivity index (χ0) is 18.0. The molecule has 1 atom stereocenters. The van der Waals surface area contributed by atoms with E-state index in [0.29, 0.717) is 31.6 Å². The second-order valence-corrected chi connectivity index (χ2v) is 6.30. The summed E-state index contributed by atoms with van der Waals surface area (Å²) in [4.78, 5) is 24.6. The van der Waals surface area contributed by atoms with Crippen molar-refractivity contribution in [2.24, 2.45) is 5.92 Å². The van der Waals surface area contributed by atoms with Crippen LogP contribution in [0.5, 0.6) is 0 Å². The molecular formula is C18H20FN3O3. The van der Waals surface area contributed by atoms with E-state index in [1.807, 2.05) is 30.3 Å². The summed E-state index contributed by atoms with van der Waals surface area (Å²) in [6.45, 7) is 2.22. The third-order valence-electron chi connectivity index (χ3n) is 4.65. The Morgan fingerprint density at radius 3 is 2.48 bits per heavy atom. The molecule has 1 N–H and O–H groups in total. The van der Waals surface area contributed by atoms with Gasteiger partial charge in [0.2, 0.25) is 5.91 Å². The van der Waals surface area contributed by atoms with Crippen LogP contribution in [0.4, 0.5) is 4.39 Å². The van der Waals surface area contributed by atoms with E-state index in [2.05, 4.69) is 5.10 Å². The summed E-state index contributed by atoms with van der Waals surface area (Å²) in [5.41, 5.74) is 1.19. The van der Waals surface area contributed by atoms with Crippen LogP contribution in [0.25, 0.3) is 5.69 Å². The minimum absolute atomic E-state index is 0.0749. The Kier molecular flexibility index (Phi) is 4.83. The van der Waals surface area contributed by atoms with Crippen molar-refractivity contribution in [3.8, 4) is 5.69 Å². The van der Waals surface area contributed by atoms with E-state index in [-0.39, 0.29) is 17.6 Å². The van der Waals surface area contributed by atoms with Gasteiger partial charge in [0.1, 0.15) is 11.6 Å². The number of carbonyl (C=O) groups is 2. The highest BCUT2D eigenvalue weighted by molar-refractivity contribution is 5.96. The Hall–Kier alpha value is -2.70. The van der Waals surface area contributed by atoms with Crippen molar-refractivity contribution < 1.29 is 19.1 Å². The number of likely N-dealkylation sites (tertiary alicyclic amines) is 1. The van der Waals surface area contributed by atoms with Crippen LogP contribution >= 0.6 is 0 Å². The molecule has 0 spiro atoms. The van der Waals surface area contributed by atoms with Crippen LogP contribution in [0.3, 0.4) is 0 Å². The van der Waals surface area contributed by atoms with Gasteiger partial charge in [0, 0.05) is 19.0 Å². The molecule has 3 rings (SSSR count). The quantitative estimate of drug-likeness (QED) is 0.864. The van der Waals surface area contributed by atoms with Crippen molar-refractivity contribution in [2.45, 2.75) is 25.7 Å². The number of aliphatic carboxylic acids is 1. The van der Waals surface area contributed by atoms with E-state index in [1.165, 1.54) is 17.8 Å². The number of nitrogens with zero attached hydrogens (tertiary/aromatic N) is 3. The fourth-order valence-electron chi connectivity index (χ4n) is 3.11. The van der Waals surface area contributed by atoms with Crippen molar-refractivity contribution >= 4 is 11.9 Å². The van der Waals surface area contributed by atoms with Crippen molar-refractivity contribution in [3.63, 3.8) is 0 Å². The monoisotopic (exact) mass is 345 g/mol. The maximum absolute atomic E-state index is 14.3. The number of hydrogen-bond acceptors (Lipinski definition) is 3. The maximum atomic E-state index is 14.3. The number of amides is 1. The molecule has 1 amide bonds. The third-order valence-corrected chi connectivity index (χ3v) is 4.65. The molecule has 1 aromatic carbocycles. The van der Waals surface area contributed by atoms with Crippen LogP contribution in [0.15, 0.2) is 36.5 Å². The van der Waals surface area contributed by atoms with Gasteiger partial charge >= 0.3 is 5.97 Å². The molecular weight excluding hydrogens is 325 g/mol. The molecule has 2 aromatic rings. The molecule has 0 radical (unpaired) electrons. The minimum Gasteiger partial charge on any atom is -0.481 e. The molecule has 0 saturated carbocycles. The average molecular weight is 345 g/mol. The van der Waals surface area contributed by atoms with Crippen LogP contribution in [-0.2, 0) is 9.59 Å². The second-order valence-electron chi connectivity index (χ2n) is 6.30. The first kappa shape index (κ1) is 17.1. The van der Waals surface area contributed by atoms with Crippen LogP contribution in [0, 0.1) is 11.7 Å². The second kappa shape index (κ2) is 7.04. The molecule has 132 valence electrons. The summed E-state index contributed by atoms with van der Waals surface area (Å²) in [6.07, 6.45) is 2.51. The summed E-state index contributed by atoms with van der Waals surface area (Å²) in [5, 5.41) is 13.3. The molecule has 1 aromatic heterocycles. The molecule has 7 heteroatoms. The standard InChI is InChI=1S/C18H20FN3O3/c1-12(18(24)25)17(23)21-9-7-13(8-10-21)16-15(19)11-22(20-16)14-5-3-2-4-6-14/h2-6,11-13H,7-10H2,1H3,(H,24,25). The zero-order valence-electron chi connectivity index (χ0n) is 13.9. The van der Waals surface area contributed by atoms with Gasteiger partial charge in [-0.15, -0.1) is 0 Å². The van der Waals surface area contributed by atoms with Crippen LogP contribution in [-0.4, -0.2) is 44.8 Å². The molecule has 0 bridgehead atoms. The van der Waals surface area contributed by atoms with Crippen molar-refractivity contribution in [1.82, 2.24) is 14.7 Å². The van der Waals surface area contributed by atoms with Crippen molar-refractivity contribution in [1.29, 1.82) is 0 Å². The number of para-hydroxylation sites is 1. The van der Waals surface area contributed by atoms with Crippen LogP contribution < -0.4 is 0 Å². The van der Waals surface area contributed by atoms with E-state index in [1.54, 1.807) is 4.90 Å². The number of carbonyl (C=O) groups excluding carboxylic acids is 1. The SMILES string of the molecule is CC(C(=O)O)C(=O)N1CCC(c2nn(-c3ccccc3)cc2F)CC1. The van der Waals surface area contributed by atoms with E-state index < -0.39 is 11.9 Å². The van der Waals surface area contributed by atoms with E-state index in [4.69, 9.17) is 5.11 Å². The lowest BCUT2D eigenvalue weighted by molar-refractivity contribution is -0.150. The molecule has 1 saturated heterocycles. The van der Waals surface area contributed by atoms with Gasteiger partial charge in [-0.2, -0.15) is 5.10 Å². The molecule has 1 unspecified atom stereocenters. The highest BCUT2D eigenvalue weighted by Crippen LogP contribution is 2.29. The molecule has 2 heterocycles. The number of hydrogen-bond donors (Lipinski definition) is 1. The summed E-state index contributed by atoms with van der Waals surface area (Å²) in [7, 11) is 0. The van der Waals surface area contributed by atoms with Gasteiger partial charge < -0.3 is 10.0 Å². The van der Waals surface area contributed by atoms with Gasteiger partial charge in [0.15, 0.2) is 5.82 Å². The molecule has 1 fully saturated rings. The Morgan fingerprint density at radius 1 is 1.24 bits per heavy atom. The summed E-state index contributed by atoms with van der Waals surface area (Å²) >= 11 is 0. The van der Waals surface area contributed by atoms with Crippen LogP contribution in [0.2, 0.25) is 0 Å². The van der Waals surface area contributed by atoms with Crippen molar-refractivity contribution in [2.75, 3.05) is 13.1 Å². The fraction of sp³-hybridized carbons (Fsp3) is 0.389. The van der Waals surface area contributed by atoms with Crippen molar-refractivity contribution in [3.05, 3.63) is 48.0 Å². The van der Waals surface area contributed by atoms with Gasteiger partial charge in [-0.25, -0.2) is 9.07 Å². The molecule has 25 heavy (non-hydrogen) atoms. The molecule has 6 nitrogen and oxygen atoms in total. The smallest absolute Gasteiger partial charge is 0.315 e. The molecule has 1 aliphatic rings. The Labute approximate surface area is 144 Å². The van der Waals surface area contributed by atoms with E-state index in [0.717, 1.165) is 5.69 Å². The summed E-state index contributed by atoms with van der Waals surface area (Å²) in [5.74, 6) is -2.99. The van der Waals surface area contributed by atoms with Gasteiger partial charge in [-0.1, -0.05) is 18.2 Å². The highest BCUT2D eigenvalue weighted by Gasteiger charge is 2.31. The fourth-order valence-corrected chi connectivity index (χ4v) is 3.11. The van der Waals surface area contributed by atoms with Crippen LogP contribution in [0.1, 0.15) is 31.4 Å². The number of carboxylic acid groups (broad SMARTS) is 1. The van der Waals surface area contributed by atoms with E-state index in [9.17, 15) is 14.0 Å². The number of halogens is 1. The number of piperidine rings is 1. The number of rotatable bonds is 4. The maximum Gasteiger partial charge on any atom is 0.315 e. The van der Waals surface area contributed by atoms with E-state index >= 15 is 0 Å². The summed E-state index contributed by atoms with van der Waals surface area (Å²) < 4.78 is 15.9. The normalized spacial score (nSPS) is 16.6. The minimum atomic E-state index is -1.13. The first-order valence-electron chi connectivity index (χ1n) is 8.29. The van der Waals surface area contributed by atoms with Gasteiger partial charge in [-0.3, -0.25) is 9.59 Å². The first-order chi connectivity index (χ1) is 12.0. The van der Waals surface area contributed by atoms with Gasteiger partial charge in [0.25, 0.3) is 0 Å². The molecule has 1 aliphatic heterocycles. The lowest BCUT2D eigenvalue weighted by atomic mass is 9.92. The largest absolute Gasteiger partial charge is 0.481 e. The highest BCUT2D eigenvalue weighted by atomic mass is 19.1. The zero-order valence-corrected chi connectivity index (χ0v) is 13.9. The number of carboxylic acids is 1. The van der Waals surface area contributed by atoms with Gasteiger partial charge in [-0.05, 0) is 31.9 Å². The molecule has 0 aliphatic carbocycles. The topological polar surface area (TPSA) is 75.4 Å². The lowest BCUT2D eigenvalue weighted by Crippen LogP contribution is -2.42. The number of aromatic nitrogens is 2. The average Bonchev–Trinajstić information content (AvgIpc) is 3.03. The Morgan fingerprint density at radius 2 is 1.88 bits per heavy atom. The third kappa shape index (κ3) is 3.55.